The highest BCUT2D eigenvalue weighted by atomic mass is 19.1. The molecule has 3 aliphatic carbocycles. The number of ether oxygens (including phenoxy) is 3. The zero-order chi connectivity index (χ0) is 32.2. The van der Waals surface area contributed by atoms with Gasteiger partial charge in [0.2, 0.25) is 0 Å². The molecule has 5 rings (SSSR count). The van der Waals surface area contributed by atoms with Crippen LogP contribution in [0.4, 0.5) is 9.18 Å². The number of carbonyl (C=O) groups is 4. The first-order valence-corrected chi connectivity index (χ1v) is 14.8. The second-order valence-corrected chi connectivity index (χ2v) is 13.2. The number of esters is 1. The van der Waals surface area contributed by atoms with Gasteiger partial charge in [0.1, 0.15) is 18.0 Å². The second kappa shape index (κ2) is 11.3. The first-order valence-electron chi connectivity index (χ1n) is 14.8. The van der Waals surface area contributed by atoms with E-state index in [0.717, 1.165) is 0 Å². The fourth-order valence-corrected chi connectivity index (χ4v) is 8.55. The molecular formula is C31H38BFN2O9. The van der Waals surface area contributed by atoms with Crippen LogP contribution in [-0.2, 0) is 23.9 Å². The topological polar surface area (TPSA) is 152 Å². The number of ketones is 1. The van der Waals surface area contributed by atoms with Crippen LogP contribution < -0.4 is 10.2 Å². The van der Waals surface area contributed by atoms with E-state index in [-0.39, 0.29) is 35.9 Å². The van der Waals surface area contributed by atoms with Gasteiger partial charge in [-0.1, -0.05) is 39.8 Å². The molecule has 1 aromatic carbocycles. The highest BCUT2D eigenvalue weighted by Gasteiger charge is 2.71. The Morgan fingerprint density at radius 2 is 2.00 bits per heavy atom. The molecule has 2 N–H and O–H groups in total. The summed E-state index contributed by atoms with van der Waals surface area (Å²) >= 11 is 0. The van der Waals surface area contributed by atoms with E-state index >= 15 is 4.39 Å². The van der Waals surface area contributed by atoms with E-state index in [0.29, 0.717) is 29.8 Å². The summed E-state index contributed by atoms with van der Waals surface area (Å²) in [6.07, 6.45) is -0.289. The average molecular weight is 612 g/mol. The van der Waals surface area contributed by atoms with Crippen molar-refractivity contribution in [2.24, 2.45) is 39.1 Å². The summed E-state index contributed by atoms with van der Waals surface area (Å²) in [5.41, 5.74) is -1.88. The highest BCUT2D eigenvalue weighted by molar-refractivity contribution is 6.67. The average Bonchev–Trinajstić information content (AvgIpc) is 3.26. The minimum Gasteiger partial charge on any atom is -0.482 e. The number of nitrogens with zero attached hydrogens (tertiary/aromatic N) is 2. The van der Waals surface area contributed by atoms with Gasteiger partial charge < -0.3 is 24.3 Å². The van der Waals surface area contributed by atoms with Gasteiger partial charge >= 0.3 is 19.1 Å². The van der Waals surface area contributed by atoms with E-state index < -0.39 is 72.0 Å². The van der Waals surface area contributed by atoms with Crippen molar-refractivity contribution in [1.29, 1.82) is 0 Å². The lowest BCUT2D eigenvalue weighted by Gasteiger charge is -2.61. The highest BCUT2D eigenvalue weighted by Crippen LogP contribution is 2.68. The maximum atomic E-state index is 15.4. The number of amides is 1. The minimum absolute atomic E-state index is 0.0177. The number of hydrazone groups is 1. The Kier molecular flexibility index (Phi) is 8.15. The molecule has 13 heteroatoms. The van der Waals surface area contributed by atoms with Gasteiger partial charge in [0, 0.05) is 22.7 Å². The quantitative estimate of drug-likeness (QED) is 0.205. The molecule has 4 aliphatic rings. The smallest absolute Gasteiger partial charge is 0.478 e. The van der Waals surface area contributed by atoms with Crippen molar-refractivity contribution in [3.05, 3.63) is 36.4 Å². The summed E-state index contributed by atoms with van der Waals surface area (Å²) in [6, 6.07) is 4.54. The lowest BCUT2D eigenvalue weighted by molar-refractivity contribution is -0.211. The Bertz CT molecular complexity index is 1410. The molecule has 1 aromatic rings. The third-order valence-corrected chi connectivity index (χ3v) is 11.2. The van der Waals surface area contributed by atoms with E-state index in [4.69, 9.17) is 14.2 Å². The van der Waals surface area contributed by atoms with Crippen LogP contribution in [0.2, 0.25) is 0 Å². The second-order valence-electron chi connectivity index (χ2n) is 13.2. The number of halogens is 1. The molecule has 44 heavy (non-hydrogen) atoms. The van der Waals surface area contributed by atoms with Crippen LogP contribution in [0.3, 0.4) is 0 Å². The molecule has 3 fully saturated rings. The zero-order valence-corrected chi connectivity index (χ0v) is 25.3. The molecule has 0 radical (unpaired) electrons. The van der Waals surface area contributed by atoms with Gasteiger partial charge in [-0.2, -0.15) is 5.10 Å². The number of hydrogen-bond acceptors (Lipinski definition) is 9. The van der Waals surface area contributed by atoms with E-state index in [2.05, 4.69) is 11.7 Å². The van der Waals surface area contributed by atoms with Crippen molar-refractivity contribution in [3.63, 3.8) is 0 Å². The van der Waals surface area contributed by atoms with E-state index in [1.165, 1.54) is 12.3 Å². The molecular weight excluding hydrogens is 574 g/mol. The summed E-state index contributed by atoms with van der Waals surface area (Å²) in [5.74, 6) is -2.26. The summed E-state index contributed by atoms with van der Waals surface area (Å²) in [7, 11) is -1.56. The van der Waals surface area contributed by atoms with Gasteiger partial charge in [0.05, 0.1) is 6.21 Å². The van der Waals surface area contributed by atoms with Gasteiger partial charge in [-0.05, 0) is 60.2 Å². The molecule has 0 saturated heterocycles. The molecule has 0 aromatic heterocycles. The molecule has 1 aliphatic heterocycles. The fourth-order valence-electron chi connectivity index (χ4n) is 8.55. The Morgan fingerprint density at radius 3 is 2.66 bits per heavy atom. The lowest BCUT2D eigenvalue weighted by atomic mass is 9.44. The van der Waals surface area contributed by atoms with Crippen molar-refractivity contribution < 1.29 is 47.9 Å². The number of benzene rings is 1. The SMILES string of the molecule is C=C[C@]1(C)C[C@@H](OC(=O)COc2ccc3c(c2)B(O)N(C(=O)O)N=C3)[C@]2(C)[C@H](C)CC[C@]3(C[C@H](F)C(=O)[C@H]32)[C@@H](C)[C@@H]1OC=O. The molecule has 9 atom stereocenters. The predicted octanol–water partition coefficient (Wildman–Crippen LogP) is 3.12. The van der Waals surface area contributed by atoms with Crippen molar-refractivity contribution in [2.75, 3.05) is 6.61 Å². The molecule has 1 heterocycles. The van der Waals surface area contributed by atoms with Crippen LogP contribution >= 0.6 is 0 Å². The van der Waals surface area contributed by atoms with E-state index in [1.54, 1.807) is 18.2 Å². The Labute approximate surface area is 255 Å². The van der Waals surface area contributed by atoms with Gasteiger partial charge in [-0.15, -0.1) is 6.58 Å². The third-order valence-electron chi connectivity index (χ3n) is 11.2. The summed E-state index contributed by atoms with van der Waals surface area (Å²) in [6.45, 7) is 11.6. The van der Waals surface area contributed by atoms with Gasteiger partial charge in [-0.25, -0.2) is 18.9 Å². The van der Waals surface area contributed by atoms with Crippen molar-refractivity contribution >= 4 is 43.0 Å². The van der Waals surface area contributed by atoms with Gasteiger partial charge in [0.25, 0.3) is 6.47 Å². The largest absolute Gasteiger partial charge is 0.482 e. The van der Waals surface area contributed by atoms with Crippen molar-refractivity contribution in [2.45, 2.75) is 71.8 Å². The number of fused-ring (bicyclic) bond motifs is 1. The minimum atomic E-state index is -1.67. The number of carbonyl (C=O) groups excluding carboxylic acids is 3. The van der Waals surface area contributed by atoms with Crippen LogP contribution in [0.1, 0.15) is 58.9 Å². The Balaban J connectivity index is 1.45. The normalized spacial score (nSPS) is 37.6. The first-order chi connectivity index (χ1) is 20.7. The number of hydrogen-bond donors (Lipinski definition) is 2. The zero-order valence-electron chi connectivity index (χ0n) is 25.3. The van der Waals surface area contributed by atoms with Crippen molar-refractivity contribution in [1.82, 2.24) is 4.92 Å². The van der Waals surface area contributed by atoms with Crippen LogP contribution in [0, 0.1) is 34.0 Å². The maximum Gasteiger partial charge on any atom is 0.478 e. The number of rotatable bonds is 7. The predicted molar refractivity (Wildman–Crippen MR) is 157 cm³/mol. The van der Waals surface area contributed by atoms with Crippen LogP contribution in [0.15, 0.2) is 36.0 Å². The molecule has 0 unspecified atom stereocenters. The van der Waals surface area contributed by atoms with Crippen LogP contribution in [0.25, 0.3) is 0 Å². The Morgan fingerprint density at radius 1 is 1.27 bits per heavy atom. The molecule has 3 saturated carbocycles. The molecule has 2 bridgehead atoms. The van der Waals surface area contributed by atoms with E-state index in [9.17, 15) is 29.3 Å². The van der Waals surface area contributed by atoms with Crippen LogP contribution in [0.5, 0.6) is 5.75 Å². The maximum absolute atomic E-state index is 15.4. The summed E-state index contributed by atoms with van der Waals surface area (Å²) < 4.78 is 33.0. The standard InChI is InChI=1S/C31H38BFN2O9/c1-6-29(4)13-23(44-24(37)15-42-20-8-7-19-14-34-35(28(39)40)32(41)21(19)11-20)30(5)17(2)9-10-31(18(3)27(29)43-16-36)12-22(33)25(38)26(30)31/h6-8,11,14,16-18,22-23,26-27,41H,1,9-10,12-13,15H2,2-5H3,(H,39,40)/t17-,18+,22+,23-,26+,27+,29-,30+,31+/m1/s1. The fraction of sp³-hybridized carbons (Fsp3) is 0.581. The van der Waals surface area contributed by atoms with Gasteiger partial charge in [-0.3, -0.25) is 9.59 Å². The molecule has 236 valence electrons. The summed E-state index contributed by atoms with van der Waals surface area (Å²) in [5, 5.41) is 23.4. The molecule has 0 spiro atoms. The van der Waals surface area contributed by atoms with Gasteiger partial charge in [0.15, 0.2) is 18.6 Å². The van der Waals surface area contributed by atoms with Crippen molar-refractivity contribution in [3.8, 4) is 5.75 Å². The molecule has 11 nitrogen and oxygen atoms in total. The lowest BCUT2D eigenvalue weighted by Crippen LogP contribution is -2.63. The van der Waals surface area contributed by atoms with Crippen LogP contribution in [-0.4, -0.2) is 77.6 Å². The molecule has 1 amide bonds. The first kappa shape index (κ1) is 31.7. The third kappa shape index (κ3) is 4.80. The monoisotopic (exact) mass is 612 g/mol. The number of alkyl halides is 1. The Hall–Kier alpha value is -3.74. The van der Waals surface area contributed by atoms with E-state index in [1.807, 2.05) is 27.7 Å². The number of Topliss-reactive ketones (excluding diaryl/α,β-unsaturated/α-hetero) is 1. The number of carboxylic acid groups (broad SMARTS) is 1. The summed E-state index contributed by atoms with van der Waals surface area (Å²) in [4.78, 5) is 50.6.